The van der Waals surface area contributed by atoms with Crippen molar-refractivity contribution < 1.29 is 9.47 Å². The largest absolute Gasteiger partial charge is 0.493 e. The van der Waals surface area contributed by atoms with E-state index in [-0.39, 0.29) is 0 Å². The Morgan fingerprint density at radius 1 is 0.944 bits per heavy atom. The molecule has 0 aliphatic carbocycles. The van der Waals surface area contributed by atoms with Crippen molar-refractivity contribution in [3.8, 4) is 11.5 Å². The van der Waals surface area contributed by atoms with Gasteiger partial charge in [0, 0.05) is 6.07 Å². The van der Waals surface area contributed by atoms with Gasteiger partial charge in [-0.15, -0.1) is 0 Å². The summed E-state index contributed by atoms with van der Waals surface area (Å²) in [5.41, 5.74) is 1.04. The van der Waals surface area contributed by atoms with Crippen LogP contribution in [0.3, 0.4) is 0 Å². The summed E-state index contributed by atoms with van der Waals surface area (Å²) in [5, 5.41) is 0. The molecule has 0 unspecified atom stereocenters. The van der Waals surface area contributed by atoms with Gasteiger partial charge in [-0.05, 0) is 30.5 Å². The predicted molar refractivity (Wildman–Crippen MR) is 77.3 cm³/mol. The summed E-state index contributed by atoms with van der Waals surface area (Å²) in [4.78, 5) is 0. The first-order chi connectivity index (χ1) is 8.80. The first-order valence-electron chi connectivity index (χ1n) is 6.83. The molecule has 0 fully saturated rings. The van der Waals surface area contributed by atoms with Gasteiger partial charge in [-0.25, -0.2) is 0 Å². The van der Waals surface area contributed by atoms with E-state index in [1.54, 1.807) is 0 Å². The Bertz CT molecular complexity index is 330. The topological polar surface area (TPSA) is 18.5 Å². The van der Waals surface area contributed by atoms with Crippen molar-refractivity contribution in [2.45, 2.75) is 39.5 Å². The normalized spacial score (nSPS) is 10.1. The van der Waals surface area contributed by atoms with E-state index in [0.29, 0.717) is 0 Å². The molecule has 1 aromatic carbocycles. The summed E-state index contributed by atoms with van der Waals surface area (Å²) >= 11 is 0. The van der Waals surface area contributed by atoms with Gasteiger partial charge in [-0.2, -0.15) is 0 Å². The summed E-state index contributed by atoms with van der Waals surface area (Å²) in [6.07, 6.45) is 6.25. The highest BCUT2D eigenvalue weighted by atomic mass is 16.5. The molecule has 0 bridgehead atoms. The molecular formula is C16H24O2. The molecular weight excluding hydrogens is 224 g/mol. The second-order valence-electron chi connectivity index (χ2n) is 4.35. The molecule has 0 amide bonds. The molecule has 2 heteroatoms. The van der Waals surface area contributed by atoms with Crippen LogP contribution >= 0.6 is 0 Å². The van der Waals surface area contributed by atoms with Crippen molar-refractivity contribution in [2.75, 3.05) is 13.2 Å². The smallest absolute Gasteiger partial charge is 0.123 e. The zero-order valence-electron chi connectivity index (χ0n) is 11.6. The van der Waals surface area contributed by atoms with E-state index in [4.69, 9.17) is 9.47 Å². The molecule has 0 saturated carbocycles. The number of hydrogen-bond donors (Lipinski definition) is 0. The lowest BCUT2D eigenvalue weighted by Gasteiger charge is -2.10. The maximum Gasteiger partial charge on any atom is 0.123 e. The van der Waals surface area contributed by atoms with E-state index in [9.17, 15) is 0 Å². The molecule has 0 atom stereocenters. The van der Waals surface area contributed by atoms with Crippen LogP contribution < -0.4 is 9.47 Å². The average molecular weight is 248 g/mol. The maximum atomic E-state index is 5.71. The van der Waals surface area contributed by atoms with Crippen molar-refractivity contribution >= 4 is 6.08 Å². The second-order valence-corrected chi connectivity index (χ2v) is 4.35. The SMILES string of the molecule is C=Cc1cc(OCCCC)cc(OCCCC)c1. The average Bonchev–Trinajstić information content (AvgIpc) is 2.39. The molecule has 1 rings (SSSR count). The predicted octanol–water partition coefficient (Wildman–Crippen LogP) is 4.69. The van der Waals surface area contributed by atoms with E-state index in [1.165, 1.54) is 0 Å². The van der Waals surface area contributed by atoms with Gasteiger partial charge in [0.25, 0.3) is 0 Å². The standard InChI is InChI=1S/C16H24O2/c1-4-7-9-17-15-11-14(6-3)12-16(13-15)18-10-8-5-2/h6,11-13H,3-5,7-10H2,1-2H3. The fourth-order valence-corrected chi connectivity index (χ4v) is 1.55. The molecule has 0 spiro atoms. The Morgan fingerprint density at radius 3 is 1.83 bits per heavy atom. The number of rotatable bonds is 9. The van der Waals surface area contributed by atoms with Crippen LogP contribution in [0.25, 0.3) is 6.08 Å². The fourth-order valence-electron chi connectivity index (χ4n) is 1.55. The summed E-state index contributed by atoms with van der Waals surface area (Å²) in [5.74, 6) is 1.74. The molecule has 0 aliphatic rings. The minimum atomic E-state index is 0.755. The molecule has 0 aromatic heterocycles. The van der Waals surface area contributed by atoms with Crippen LogP contribution in [0.5, 0.6) is 11.5 Å². The summed E-state index contributed by atoms with van der Waals surface area (Å²) in [7, 11) is 0. The van der Waals surface area contributed by atoms with Crippen LogP contribution in [0.1, 0.15) is 45.1 Å². The van der Waals surface area contributed by atoms with Crippen molar-refractivity contribution in [1.82, 2.24) is 0 Å². The van der Waals surface area contributed by atoms with Crippen molar-refractivity contribution in [2.24, 2.45) is 0 Å². The molecule has 18 heavy (non-hydrogen) atoms. The van der Waals surface area contributed by atoms with Crippen molar-refractivity contribution in [3.63, 3.8) is 0 Å². The molecule has 1 aromatic rings. The van der Waals surface area contributed by atoms with Crippen LogP contribution in [0.4, 0.5) is 0 Å². The van der Waals surface area contributed by atoms with Crippen LogP contribution in [0.15, 0.2) is 24.8 Å². The number of unbranched alkanes of at least 4 members (excludes halogenated alkanes) is 2. The van der Waals surface area contributed by atoms with Crippen molar-refractivity contribution in [3.05, 3.63) is 30.3 Å². The van der Waals surface area contributed by atoms with Crippen LogP contribution in [0, 0.1) is 0 Å². The first kappa shape index (κ1) is 14.6. The quantitative estimate of drug-likeness (QED) is 0.590. The maximum absolute atomic E-state index is 5.71. The van der Waals surface area contributed by atoms with Gasteiger partial charge in [0.15, 0.2) is 0 Å². The zero-order chi connectivity index (χ0) is 13.2. The van der Waals surface area contributed by atoms with E-state index < -0.39 is 0 Å². The molecule has 0 aliphatic heterocycles. The van der Waals surface area contributed by atoms with E-state index in [2.05, 4.69) is 20.4 Å². The van der Waals surface area contributed by atoms with E-state index in [0.717, 1.165) is 56.0 Å². The number of benzene rings is 1. The number of ether oxygens (including phenoxy) is 2. The van der Waals surface area contributed by atoms with Gasteiger partial charge >= 0.3 is 0 Å². The molecule has 0 heterocycles. The zero-order valence-corrected chi connectivity index (χ0v) is 11.6. The van der Waals surface area contributed by atoms with E-state index >= 15 is 0 Å². The lowest BCUT2D eigenvalue weighted by Crippen LogP contribution is -1.99. The Kier molecular flexibility index (Phi) is 7.00. The molecule has 0 N–H and O–H groups in total. The first-order valence-corrected chi connectivity index (χ1v) is 6.83. The molecule has 0 saturated heterocycles. The van der Waals surface area contributed by atoms with Gasteiger partial charge in [-0.1, -0.05) is 39.3 Å². The van der Waals surface area contributed by atoms with Crippen LogP contribution in [-0.2, 0) is 0 Å². The molecule has 100 valence electrons. The van der Waals surface area contributed by atoms with Crippen LogP contribution in [0.2, 0.25) is 0 Å². The van der Waals surface area contributed by atoms with Gasteiger partial charge < -0.3 is 9.47 Å². The second kappa shape index (κ2) is 8.62. The third-order valence-corrected chi connectivity index (χ3v) is 2.67. The third-order valence-electron chi connectivity index (χ3n) is 2.67. The minimum Gasteiger partial charge on any atom is -0.493 e. The highest BCUT2D eigenvalue weighted by molar-refractivity contribution is 5.53. The Hall–Kier alpha value is -1.44. The van der Waals surface area contributed by atoms with Crippen LogP contribution in [-0.4, -0.2) is 13.2 Å². The monoisotopic (exact) mass is 248 g/mol. The third kappa shape index (κ3) is 5.26. The summed E-state index contributed by atoms with van der Waals surface area (Å²) in [6.45, 7) is 9.62. The Morgan fingerprint density at radius 2 is 1.44 bits per heavy atom. The lowest BCUT2D eigenvalue weighted by molar-refractivity contribution is 0.294. The highest BCUT2D eigenvalue weighted by Crippen LogP contribution is 2.24. The number of hydrogen-bond acceptors (Lipinski definition) is 2. The molecule has 0 radical (unpaired) electrons. The lowest BCUT2D eigenvalue weighted by atomic mass is 10.2. The Labute approximate surface area is 111 Å². The Balaban J connectivity index is 2.64. The fraction of sp³-hybridized carbons (Fsp3) is 0.500. The highest BCUT2D eigenvalue weighted by Gasteiger charge is 2.01. The van der Waals surface area contributed by atoms with Gasteiger partial charge in [0.05, 0.1) is 13.2 Å². The van der Waals surface area contributed by atoms with Gasteiger partial charge in [0.2, 0.25) is 0 Å². The molecule has 2 nitrogen and oxygen atoms in total. The van der Waals surface area contributed by atoms with Gasteiger partial charge in [-0.3, -0.25) is 0 Å². The van der Waals surface area contributed by atoms with Gasteiger partial charge in [0.1, 0.15) is 11.5 Å². The van der Waals surface area contributed by atoms with Crippen molar-refractivity contribution in [1.29, 1.82) is 0 Å². The minimum absolute atomic E-state index is 0.755. The van der Waals surface area contributed by atoms with E-state index in [1.807, 2.05) is 24.3 Å². The summed E-state index contributed by atoms with van der Waals surface area (Å²) < 4.78 is 11.4. The summed E-state index contributed by atoms with van der Waals surface area (Å²) in [6, 6.07) is 5.95.